The van der Waals surface area contributed by atoms with E-state index >= 15 is 0 Å². The summed E-state index contributed by atoms with van der Waals surface area (Å²) in [5.74, 6) is -0.963. The number of rotatable bonds is 7. The van der Waals surface area contributed by atoms with Gasteiger partial charge in [-0.1, -0.05) is 6.07 Å². The molecule has 0 unspecified atom stereocenters. The Morgan fingerprint density at radius 3 is 2.48 bits per heavy atom. The van der Waals surface area contributed by atoms with Crippen molar-refractivity contribution in [1.82, 2.24) is 4.31 Å². The van der Waals surface area contributed by atoms with Gasteiger partial charge in [0.1, 0.15) is 4.21 Å². The number of methoxy groups -OCH3 is 3. The summed E-state index contributed by atoms with van der Waals surface area (Å²) in [7, 11) is 0.466. The lowest BCUT2D eigenvalue weighted by Crippen LogP contribution is -2.43. The van der Waals surface area contributed by atoms with Crippen LogP contribution in [0.5, 0.6) is 11.5 Å². The number of hydrogen-bond acceptors (Lipinski definition) is 8. The molecule has 1 fully saturated rings. The lowest BCUT2D eigenvalue weighted by atomic mass is 9.98. The highest BCUT2D eigenvalue weighted by atomic mass is 32.2. The molecule has 1 N–H and O–H groups in total. The number of nitrogens with one attached hydrogen (secondary N) is 1. The molecule has 9 nitrogen and oxygen atoms in total. The fourth-order valence-corrected chi connectivity index (χ4v) is 6.08. The number of amides is 1. The van der Waals surface area contributed by atoms with Gasteiger partial charge in [0.15, 0.2) is 11.5 Å². The van der Waals surface area contributed by atoms with Gasteiger partial charge >= 0.3 is 5.97 Å². The molecule has 1 aliphatic heterocycles. The third-order valence-electron chi connectivity index (χ3n) is 5.03. The van der Waals surface area contributed by atoms with Crippen LogP contribution in [0.3, 0.4) is 0 Å². The molecule has 0 bridgehead atoms. The lowest BCUT2D eigenvalue weighted by molar-refractivity contribution is -0.120. The number of hydrogen-bond donors (Lipinski definition) is 1. The quantitative estimate of drug-likeness (QED) is 0.622. The molecule has 1 aliphatic rings. The van der Waals surface area contributed by atoms with Crippen LogP contribution in [0.4, 0.5) is 5.69 Å². The van der Waals surface area contributed by atoms with Crippen LogP contribution < -0.4 is 14.8 Å². The zero-order valence-corrected chi connectivity index (χ0v) is 19.0. The van der Waals surface area contributed by atoms with Crippen LogP contribution in [0.15, 0.2) is 33.9 Å². The number of carbonyl (C=O) groups is 2. The Labute approximate surface area is 185 Å². The molecule has 2 heterocycles. The SMILES string of the molecule is COC(=O)c1cc(OC)c(OC)cc1NC(=O)[C@H]1CCCN(S(=O)(=O)c2cccs2)C1. The van der Waals surface area contributed by atoms with Crippen LogP contribution in [-0.2, 0) is 19.6 Å². The first-order valence-electron chi connectivity index (χ1n) is 9.50. The van der Waals surface area contributed by atoms with Crippen molar-refractivity contribution < 1.29 is 32.2 Å². The molecule has 168 valence electrons. The molecule has 1 atom stereocenters. The number of anilines is 1. The van der Waals surface area contributed by atoms with Gasteiger partial charge in [-0.15, -0.1) is 11.3 Å². The third kappa shape index (κ3) is 4.83. The molecule has 1 aromatic heterocycles. The first-order valence-corrected chi connectivity index (χ1v) is 11.8. The van der Waals surface area contributed by atoms with Gasteiger partial charge in [-0.25, -0.2) is 13.2 Å². The van der Waals surface area contributed by atoms with E-state index in [2.05, 4.69) is 5.32 Å². The van der Waals surface area contributed by atoms with Crippen molar-refractivity contribution >= 4 is 38.9 Å². The van der Waals surface area contributed by atoms with Crippen molar-refractivity contribution in [2.24, 2.45) is 5.92 Å². The molecular weight excluding hydrogens is 444 g/mol. The van der Waals surface area contributed by atoms with Crippen molar-refractivity contribution in [2.45, 2.75) is 17.1 Å². The molecule has 31 heavy (non-hydrogen) atoms. The Balaban J connectivity index is 1.83. The monoisotopic (exact) mass is 468 g/mol. The number of carbonyl (C=O) groups excluding carboxylic acids is 2. The standard InChI is InChI=1S/C20H24N2O7S2/c1-27-16-10-14(20(24)29-3)15(11-17(16)28-2)21-19(23)13-6-4-8-22(12-13)31(25,26)18-7-5-9-30-18/h5,7,9-11,13H,4,6,8,12H2,1-3H3,(H,21,23)/t13-/m0/s1. The summed E-state index contributed by atoms with van der Waals surface area (Å²) < 4.78 is 42.5. The van der Waals surface area contributed by atoms with E-state index in [1.807, 2.05) is 0 Å². The van der Waals surface area contributed by atoms with Crippen molar-refractivity contribution in [3.63, 3.8) is 0 Å². The molecule has 11 heteroatoms. The average Bonchev–Trinajstić information content (AvgIpc) is 3.34. The maximum Gasteiger partial charge on any atom is 0.340 e. The van der Waals surface area contributed by atoms with E-state index in [4.69, 9.17) is 14.2 Å². The minimum Gasteiger partial charge on any atom is -0.493 e. The van der Waals surface area contributed by atoms with Crippen LogP contribution >= 0.6 is 11.3 Å². The van der Waals surface area contributed by atoms with E-state index in [9.17, 15) is 18.0 Å². The second-order valence-corrected chi connectivity index (χ2v) is 9.98. The predicted octanol–water partition coefficient (Wildman–Crippen LogP) is 2.59. The molecular formula is C20H24N2O7S2. The summed E-state index contributed by atoms with van der Waals surface area (Å²) in [4.78, 5) is 25.2. The number of ether oxygens (including phenoxy) is 3. The first-order chi connectivity index (χ1) is 14.8. The fourth-order valence-electron chi connectivity index (χ4n) is 3.41. The molecule has 1 aromatic carbocycles. The van der Waals surface area contributed by atoms with E-state index < -0.39 is 21.9 Å². The number of esters is 1. The third-order valence-corrected chi connectivity index (χ3v) is 8.27. The summed E-state index contributed by atoms with van der Waals surface area (Å²) >= 11 is 1.14. The maximum absolute atomic E-state index is 13.0. The van der Waals surface area contributed by atoms with Crippen molar-refractivity contribution in [3.8, 4) is 11.5 Å². The number of sulfonamides is 1. The number of nitrogens with zero attached hydrogens (tertiary/aromatic N) is 1. The molecule has 2 aromatic rings. The topological polar surface area (TPSA) is 111 Å². The number of thiophene rings is 1. The minimum atomic E-state index is -3.64. The van der Waals surface area contributed by atoms with Crippen LogP contribution in [0.2, 0.25) is 0 Å². The smallest absolute Gasteiger partial charge is 0.340 e. The molecule has 0 radical (unpaired) electrons. The Kier molecular flexibility index (Phi) is 7.19. The van der Waals surface area contributed by atoms with Gasteiger partial charge in [-0.05, 0) is 24.3 Å². The summed E-state index contributed by atoms with van der Waals surface area (Å²) in [5, 5.41) is 4.43. The van der Waals surface area contributed by atoms with Crippen LogP contribution in [0, 0.1) is 5.92 Å². The van der Waals surface area contributed by atoms with Gasteiger partial charge in [0, 0.05) is 25.2 Å². The highest BCUT2D eigenvalue weighted by molar-refractivity contribution is 7.91. The van der Waals surface area contributed by atoms with E-state index in [0.717, 1.165) is 11.3 Å². The van der Waals surface area contributed by atoms with Gasteiger partial charge in [0.05, 0.1) is 38.5 Å². The summed E-state index contributed by atoms with van der Waals surface area (Å²) in [6.07, 6.45) is 1.08. The second kappa shape index (κ2) is 9.67. The summed E-state index contributed by atoms with van der Waals surface area (Å²) in [6, 6.07) is 6.13. The van der Waals surface area contributed by atoms with E-state index in [0.29, 0.717) is 30.9 Å². The van der Waals surface area contributed by atoms with Gasteiger partial charge < -0.3 is 19.5 Å². The molecule has 1 amide bonds. The molecule has 0 spiro atoms. The van der Waals surface area contributed by atoms with E-state index in [-0.39, 0.29) is 27.9 Å². The molecule has 0 saturated carbocycles. The zero-order valence-electron chi connectivity index (χ0n) is 17.4. The summed E-state index contributed by atoms with van der Waals surface area (Å²) in [5.41, 5.74) is 0.306. The van der Waals surface area contributed by atoms with Gasteiger partial charge in [-0.3, -0.25) is 4.79 Å². The van der Waals surface area contributed by atoms with Crippen molar-refractivity contribution in [1.29, 1.82) is 0 Å². The fraction of sp³-hybridized carbons (Fsp3) is 0.400. The van der Waals surface area contributed by atoms with Gasteiger partial charge in [-0.2, -0.15) is 4.31 Å². The average molecular weight is 469 g/mol. The van der Waals surface area contributed by atoms with Crippen molar-refractivity contribution in [3.05, 3.63) is 35.2 Å². The van der Waals surface area contributed by atoms with E-state index in [1.54, 1.807) is 17.5 Å². The Morgan fingerprint density at radius 1 is 1.16 bits per heavy atom. The van der Waals surface area contributed by atoms with E-state index in [1.165, 1.54) is 37.8 Å². The van der Waals surface area contributed by atoms with Crippen LogP contribution in [-0.4, -0.2) is 59.0 Å². The summed E-state index contributed by atoms with van der Waals surface area (Å²) in [6.45, 7) is 0.417. The molecule has 3 rings (SSSR count). The number of benzene rings is 1. The normalized spacial score (nSPS) is 17.1. The van der Waals surface area contributed by atoms with Crippen LogP contribution in [0.25, 0.3) is 0 Å². The molecule has 0 aliphatic carbocycles. The maximum atomic E-state index is 13.0. The largest absolute Gasteiger partial charge is 0.493 e. The second-order valence-electron chi connectivity index (χ2n) is 6.87. The predicted molar refractivity (Wildman–Crippen MR) is 115 cm³/mol. The highest BCUT2D eigenvalue weighted by Gasteiger charge is 2.34. The number of piperidine rings is 1. The zero-order chi connectivity index (χ0) is 22.6. The highest BCUT2D eigenvalue weighted by Crippen LogP contribution is 2.34. The Bertz CT molecular complexity index is 1050. The van der Waals surface area contributed by atoms with Gasteiger partial charge in [0.2, 0.25) is 5.91 Å². The Morgan fingerprint density at radius 2 is 1.87 bits per heavy atom. The first kappa shape index (κ1) is 23.0. The van der Waals surface area contributed by atoms with Gasteiger partial charge in [0.25, 0.3) is 10.0 Å². The molecule has 1 saturated heterocycles. The van der Waals surface area contributed by atoms with Crippen molar-refractivity contribution in [2.75, 3.05) is 39.7 Å². The minimum absolute atomic E-state index is 0.0624. The lowest BCUT2D eigenvalue weighted by Gasteiger charge is -2.31. The Hall–Kier alpha value is -2.63. The van der Waals surface area contributed by atoms with Crippen LogP contribution in [0.1, 0.15) is 23.2 Å².